The number of benzene rings is 1. The summed E-state index contributed by atoms with van der Waals surface area (Å²) in [6.07, 6.45) is 3.49. The van der Waals surface area contributed by atoms with E-state index in [1.165, 1.54) is 12.0 Å². The van der Waals surface area contributed by atoms with Gasteiger partial charge in [0.15, 0.2) is 0 Å². The Balaban J connectivity index is 1.41. The minimum absolute atomic E-state index is 0.00575. The molecule has 2 fully saturated rings. The highest BCUT2D eigenvalue weighted by Gasteiger charge is 2.38. The van der Waals surface area contributed by atoms with Gasteiger partial charge in [0.1, 0.15) is 0 Å². The summed E-state index contributed by atoms with van der Waals surface area (Å²) < 4.78 is 0. The normalized spacial score (nSPS) is 26.4. The molecule has 2 amide bonds. The lowest BCUT2D eigenvalue weighted by molar-refractivity contribution is 0.240. The third-order valence-electron chi connectivity index (χ3n) is 3.59. The molecule has 2 saturated carbocycles. The van der Waals surface area contributed by atoms with Crippen LogP contribution in [0.1, 0.15) is 30.7 Å². The van der Waals surface area contributed by atoms with Crippen molar-refractivity contribution < 1.29 is 4.79 Å². The Labute approximate surface area is 102 Å². The molecule has 17 heavy (non-hydrogen) atoms. The van der Waals surface area contributed by atoms with Crippen LogP contribution in [-0.2, 0) is 0 Å². The summed E-state index contributed by atoms with van der Waals surface area (Å²) in [7, 11) is 0. The minimum atomic E-state index is 0.00575. The molecule has 3 rings (SSSR count). The first-order valence-corrected chi connectivity index (χ1v) is 6.42. The van der Waals surface area contributed by atoms with Gasteiger partial charge in [0, 0.05) is 12.6 Å². The summed E-state index contributed by atoms with van der Waals surface area (Å²) >= 11 is 0. The maximum atomic E-state index is 11.4. The molecule has 2 aliphatic rings. The van der Waals surface area contributed by atoms with E-state index in [0.29, 0.717) is 17.9 Å². The second kappa shape index (κ2) is 4.40. The number of hydrogen-bond donors (Lipinski definition) is 2. The van der Waals surface area contributed by atoms with Crippen LogP contribution in [0.4, 0.5) is 4.79 Å². The van der Waals surface area contributed by atoms with E-state index < -0.39 is 0 Å². The van der Waals surface area contributed by atoms with E-state index in [2.05, 4.69) is 34.9 Å². The number of carbonyl (C=O) groups excluding carboxylic acids is 1. The van der Waals surface area contributed by atoms with Crippen molar-refractivity contribution in [2.75, 3.05) is 6.54 Å². The SMILES string of the molecule is O=C(NC[C@H]1C[C@@H]1c1ccccc1)NC1CC1. The molecule has 1 aromatic carbocycles. The Bertz CT molecular complexity index is 400. The third-order valence-corrected chi connectivity index (χ3v) is 3.59. The fraction of sp³-hybridized carbons (Fsp3) is 0.500. The molecule has 0 radical (unpaired) electrons. The highest BCUT2D eigenvalue weighted by molar-refractivity contribution is 5.74. The maximum absolute atomic E-state index is 11.4. The van der Waals surface area contributed by atoms with Crippen LogP contribution in [0.25, 0.3) is 0 Å². The second-order valence-corrected chi connectivity index (χ2v) is 5.14. The zero-order chi connectivity index (χ0) is 11.7. The Hall–Kier alpha value is -1.51. The van der Waals surface area contributed by atoms with E-state index in [9.17, 15) is 4.79 Å². The van der Waals surface area contributed by atoms with Gasteiger partial charge in [0.2, 0.25) is 0 Å². The van der Waals surface area contributed by atoms with Crippen molar-refractivity contribution in [2.45, 2.75) is 31.2 Å². The molecule has 3 heteroatoms. The van der Waals surface area contributed by atoms with Crippen molar-refractivity contribution in [1.29, 1.82) is 0 Å². The van der Waals surface area contributed by atoms with Gasteiger partial charge in [-0.3, -0.25) is 0 Å². The molecule has 3 nitrogen and oxygen atoms in total. The smallest absolute Gasteiger partial charge is 0.315 e. The predicted molar refractivity (Wildman–Crippen MR) is 66.8 cm³/mol. The highest BCUT2D eigenvalue weighted by atomic mass is 16.2. The molecule has 90 valence electrons. The molecule has 0 spiro atoms. The first kappa shape index (κ1) is 10.6. The van der Waals surface area contributed by atoms with Gasteiger partial charge in [0.05, 0.1) is 0 Å². The Morgan fingerprint density at radius 3 is 2.71 bits per heavy atom. The summed E-state index contributed by atoms with van der Waals surface area (Å²) in [6, 6.07) is 11.0. The van der Waals surface area contributed by atoms with Crippen LogP contribution in [0.15, 0.2) is 30.3 Å². The molecule has 0 unspecified atom stereocenters. The van der Waals surface area contributed by atoms with E-state index in [4.69, 9.17) is 0 Å². The second-order valence-electron chi connectivity index (χ2n) is 5.14. The Morgan fingerprint density at radius 2 is 2.00 bits per heavy atom. The zero-order valence-corrected chi connectivity index (χ0v) is 9.86. The quantitative estimate of drug-likeness (QED) is 0.818. The molecule has 0 aromatic heterocycles. The Kier molecular flexibility index (Phi) is 2.75. The summed E-state index contributed by atoms with van der Waals surface area (Å²) in [5.74, 6) is 1.28. The standard InChI is InChI=1S/C14H18N2O/c17-14(16-12-6-7-12)15-9-11-8-13(11)10-4-2-1-3-5-10/h1-5,11-13H,6-9H2,(H2,15,16,17)/t11-,13-/m1/s1. The molecule has 2 atom stereocenters. The van der Waals surface area contributed by atoms with Gasteiger partial charge in [-0.05, 0) is 36.7 Å². The number of rotatable bonds is 4. The van der Waals surface area contributed by atoms with Gasteiger partial charge in [-0.1, -0.05) is 30.3 Å². The van der Waals surface area contributed by atoms with E-state index >= 15 is 0 Å². The number of hydrogen-bond acceptors (Lipinski definition) is 1. The molecule has 0 bridgehead atoms. The lowest BCUT2D eigenvalue weighted by atomic mass is 10.1. The van der Waals surface area contributed by atoms with E-state index in [-0.39, 0.29) is 6.03 Å². The number of amides is 2. The molecule has 0 aliphatic heterocycles. The van der Waals surface area contributed by atoms with Crippen LogP contribution in [0.3, 0.4) is 0 Å². The van der Waals surface area contributed by atoms with Gasteiger partial charge < -0.3 is 10.6 Å². The van der Waals surface area contributed by atoms with Crippen molar-refractivity contribution in [1.82, 2.24) is 10.6 Å². The fourth-order valence-electron chi connectivity index (χ4n) is 2.27. The molecular weight excluding hydrogens is 212 g/mol. The van der Waals surface area contributed by atoms with Crippen LogP contribution in [0.5, 0.6) is 0 Å². The monoisotopic (exact) mass is 230 g/mol. The summed E-state index contributed by atoms with van der Waals surface area (Å²) in [4.78, 5) is 11.4. The number of nitrogens with one attached hydrogen (secondary N) is 2. The molecular formula is C14H18N2O. The molecule has 2 aliphatic carbocycles. The topological polar surface area (TPSA) is 41.1 Å². The molecule has 2 N–H and O–H groups in total. The van der Waals surface area contributed by atoms with Crippen molar-refractivity contribution in [3.8, 4) is 0 Å². The summed E-state index contributed by atoms with van der Waals surface area (Å²) in [5.41, 5.74) is 1.40. The Morgan fingerprint density at radius 1 is 1.24 bits per heavy atom. The summed E-state index contributed by atoms with van der Waals surface area (Å²) in [5, 5.41) is 5.91. The minimum Gasteiger partial charge on any atom is -0.338 e. The first-order valence-electron chi connectivity index (χ1n) is 6.42. The molecule has 0 heterocycles. The first-order chi connectivity index (χ1) is 8.33. The van der Waals surface area contributed by atoms with Crippen molar-refractivity contribution in [2.24, 2.45) is 5.92 Å². The van der Waals surface area contributed by atoms with Crippen LogP contribution in [-0.4, -0.2) is 18.6 Å². The maximum Gasteiger partial charge on any atom is 0.315 e. The average molecular weight is 230 g/mol. The largest absolute Gasteiger partial charge is 0.338 e. The van der Waals surface area contributed by atoms with Crippen LogP contribution in [0, 0.1) is 5.92 Å². The lowest BCUT2D eigenvalue weighted by Gasteiger charge is -2.06. The number of urea groups is 1. The van der Waals surface area contributed by atoms with E-state index in [0.717, 1.165) is 19.4 Å². The highest BCUT2D eigenvalue weighted by Crippen LogP contribution is 2.46. The van der Waals surface area contributed by atoms with Gasteiger partial charge in [-0.15, -0.1) is 0 Å². The molecule has 0 saturated heterocycles. The van der Waals surface area contributed by atoms with Gasteiger partial charge in [0.25, 0.3) is 0 Å². The predicted octanol–water partition coefficient (Wildman–Crippen LogP) is 2.25. The fourth-order valence-corrected chi connectivity index (χ4v) is 2.27. The van der Waals surface area contributed by atoms with Crippen LogP contribution in [0.2, 0.25) is 0 Å². The van der Waals surface area contributed by atoms with Crippen LogP contribution >= 0.6 is 0 Å². The number of carbonyl (C=O) groups is 1. The van der Waals surface area contributed by atoms with Crippen molar-refractivity contribution >= 4 is 6.03 Å². The van der Waals surface area contributed by atoms with Crippen molar-refractivity contribution in [3.63, 3.8) is 0 Å². The van der Waals surface area contributed by atoms with Gasteiger partial charge >= 0.3 is 6.03 Å². The summed E-state index contributed by atoms with van der Waals surface area (Å²) in [6.45, 7) is 0.804. The zero-order valence-electron chi connectivity index (χ0n) is 9.86. The third kappa shape index (κ3) is 2.78. The van der Waals surface area contributed by atoms with Gasteiger partial charge in [-0.2, -0.15) is 0 Å². The van der Waals surface area contributed by atoms with E-state index in [1.807, 2.05) is 6.07 Å². The lowest BCUT2D eigenvalue weighted by Crippen LogP contribution is -2.37. The van der Waals surface area contributed by atoms with E-state index in [1.54, 1.807) is 0 Å². The molecule has 1 aromatic rings. The van der Waals surface area contributed by atoms with Crippen molar-refractivity contribution in [3.05, 3.63) is 35.9 Å². The average Bonchev–Trinajstić information content (AvgIpc) is 3.23. The van der Waals surface area contributed by atoms with Gasteiger partial charge in [-0.25, -0.2) is 4.79 Å². The van der Waals surface area contributed by atoms with Crippen LogP contribution < -0.4 is 10.6 Å².